The average molecular weight is 266 g/mol. The van der Waals surface area contributed by atoms with Gasteiger partial charge in [-0.3, -0.25) is 0 Å². The van der Waals surface area contributed by atoms with Crippen LogP contribution in [0.15, 0.2) is 0 Å². The molecule has 0 amide bonds. The van der Waals surface area contributed by atoms with E-state index in [0.717, 1.165) is 17.9 Å². The van der Waals surface area contributed by atoms with Crippen molar-refractivity contribution in [2.75, 3.05) is 32.6 Å². The molecule has 86 valence electrons. The number of hydrogen-bond donors (Lipinski definition) is 0. The molecule has 0 spiro atoms. The summed E-state index contributed by atoms with van der Waals surface area (Å²) in [4.78, 5) is 2.37. The zero-order valence-corrected chi connectivity index (χ0v) is 11.5. The molecular formula is C11H24BrNO. The van der Waals surface area contributed by atoms with Gasteiger partial charge in [-0.15, -0.1) is 0 Å². The van der Waals surface area contributed by atoms with Gasteiger partial charge in [0.15, 0.2) is 0 Å². The quantitative estimate of drug-likeness (QED) is 0.626. The van der Waals surface area contributed by atoms with E-state index in [9.17, 15) is 0 Å². The van der Waals surface area contributed by atoms with Crippen LogP contribution in [-0.4, -0.2) is 43.6 Å². The molecule has 3 heteroatoms. The summed E-state index contributed by atoms with van der Waals surface area (Å²) < 4.78 is 5.13. The summed E-state index contributed by atoms with van der Waals surface area (Å²) in [5, 5.41) is 1.12. The van der Waals surface area contributed by atoms with Crippen LogP contribution in [0.2, 0.25) is 0 Å². The normalized spacial score (nSPS) is 15.9. The van der Waals surface area contributed by atoms with E-state index in [-0.39, 0.29) is 0 Å². The van der Waals surface area contributed by atoms with E-state index in [1.807, 2.05) is 0 Å². The minimum Gasteiger partial charge on any atom is -0.383 e. The van der Waals surface area contributed by atoms with E-state index in [1.165, 1.54) is 19.4 Å². The Labute approximate surface area is 97.1 Å². The molecule has 14 heavy (non-hydrogen) atoms. The van der Waals surface area contributed by atoms with Crippen molar-refractivity contribution in [1.29, 1.82) is 0 Å². The van der Waals surface area contributed by atoms with Gasteiger partial charge in [-0.25, -0.2) is 0 Å². The van der Waals surface area contributed by atoms with Crippen LogP contribution in [-0.2, 0) is 4.74 Å². The third-order valence-electron chi connectivity index (χ3n) is 2.74. The van der Waals surface area contributed by atoms with Gasteiger partial charge in [0.25, 0.3) is 0 Å². The number of nitrogens with zero attached hydrogens (tertiary/aromatic N) is 1. The molecule has 0 aromatic heterocycles. The first-order valence-corrected chi connectivity index (χ1v) is 6.49. The van der Waals surface area contributed by atoms with Gasteiger partial charge in [-0.2, -0.15) is 0 Å². The molecule has 0 saturated heterocycles. The fourth-order valence-corrected chi connectivity index (χ4v) is 2.13. The zero-order chi connectivity index (χ0) is 11.0. The Morgan fingerprint density at radius 3 is 2.43 bits per heavy atom. The number of halogens is 1. The molecular weight excluding hydrogens is 242 g/mol. The molecule has 0 radical (unpaired) electrons. The third-order valence-corrected chi connectivity index (χ3v) is 3.19. The highest BCUT2D eigenvalue weighted by Crippen LogP contribution is 2.10. The van der Waals surface area contributed by atoms with Crippen LogP contribution in [0.4, 0.5) is 0 Å². The first kappa shape index (κ1) is 14.4. The lowest BCUT2D eigenvalue weighted by atomic mass is 10.0. The van der Waals surface area contributed by atoms with Gasteiger partial charge >= 0.3 is 0 Å². The summed E-state index contributed by atoms with van der Waals surface area (Å²) in [5.74, 6) is 0.812. The summed E-state index contributed by atoms with van der Waals surface area (Å²) in [7, 11) is 3.93. The Morgan fingerprint density at radius 1 is 1.29 bits per heavy atom. The van der Waals surface area contributed by atoms with Crippen molar-refractivity contribution in [2.45, 2.75) is 32.7 Å². The molecule has 2 atom stereocenters. The van der Waals surface area contributed by atoms with E-state index in [0.29, 0.717) is 6.04 Å². The highest BCUT2D eigenvalue weighted by Gasteiger charge is 2.09. The SMILES string of the molecule is COCC(C)N(C)CCC(C)CCBr. The maximum atomic E-state index is 5.13. The zero-order valence-electron chi connectivity index (χ0n) is 9.92. The first-order chi connectivity index (χ1) is 6.61. The number of alkyl halides is 1. The van der Waals surface area contributed by atoms with Gasteiger partial charge in [-0.1, -0.05) is 22.9 Å². The Bertz CT molecular complexity index is 132. The smallest absolute Gasteiger partial charge is 0.0615 e. The summed E-state index contributed by atoms with van der Waals surface area (Å²) in [6, 6.07) is 0.524. The van der Waals surface area contributed by atoms with E-state index < -0.39 is 0 Å². The number of hydrogen-bond acceptors (Lipinski definition) is 2. The molecule has 0 rings (SSSR count). The fraction of sp³-hybridized carbons (Fsp3) is 1.00. The predicted molar refractivity (Wildman–Crippen MR) is 66.2 cm³/mol. The molecule has 0 aromatic carbocycles. The van der Waals surface area contributed by atoms with E-state index in [4.69, 9.17) is 4.74 Å². The minimum atomic E-state index is 0.524. The van der Waals surface area contributed by atoms with Crippen LogP contribution in [0.25, 0.3) is 0 Å². The highest BCUT2D eigenvalue weighted by molar-refractivity contribution is 9.09. The molecule has 0 bridgehead atoms. The van der Waals surface area contributed by atoms with Crippen LogP contribution in [0.5, 0.6) is 0 Å². The Kier molecular flexibility index (Phi) is 8.94. The maximum absolute atomic E-state index is 5.13. The molecule has 2 nitrogen and oxygen atoms in total. The topological polar surface area (TPSA) is 12.5 Å². The summed E-state index contributed by atoms with van der Waals surface area (Å²) >= 11 is 3.48. The van der Waals surface area contributed by atoms with E-state index in [1.54, 1.807) is 7.11 Å². The largest absolute Gasteiger partial charge is 0.383 e. The number of methoxy groups -OCH3 is 1. The van der Waals surface area contributed by atoms with Gasteiger partial charge in [0.2, 0.25) is 0 Å². The monoisotopic (exact) mass is 265 g/mol. The van der Waals surface area contributed by atoms with Crippen LogP contribution in [0, 0.1) is 5.92 Å². The first-order valence-electron chi connectivity index (χ1n) is 5.37. The van der Waals surface area contributed by atoms with Gasteiger partial charge in [0.05, 0.1) is 6.61 Å². The van der Waals surface area contributed by atoms with Gasteiger partial charge in [0, 0.05) is 18.5 Å². The summed E-state index contributed by atoms with van der Waals surface area (Å²) in [5.41, 5.74) is 0. The maximum Gasteiger partial charge on any atom is 0.0615 e. The van der Waals surface area contributed by atoms with Crippen molar-refractivity contribution in [2.24, 2.45) is 5.92 Å². The van der Waals surface area contributed by atoms with Crippen LogP contribution >= 0.6 is 15.9 Å². The van der Waals surface area contributed by atoms with E-state index >= 15 is 0 Å². The molecule has 0 aromatic rings. The van der Waals surface area contributed by atoms with Crippen molar-refractivity contribution < 1.29 is 4.74 Å². The number of rotatable bonds is 8. The Balaban J connectivity index is 3.56. The van der Waals surface area contributed by atoms with Gasteiger partial charge < -0.3 is 9.64 Å². The van der Waals surface area contributed by atoms with Gasteiger partial charge in [-0.05, 0) is 39.3 Å². The van der Waals surface area contributed by atoms with Crippen molar-refractivity contribution in [1.82, 2.24) is 4.90 Å². The van der Waals surface area contributed by atoms with Crippen LogP contribution in [0.3, 0.4) is 0 Å². The molecule has 2 unspecified atom stereocenters. The van der Waals surface area contributed by atoms with E-state index in [2.05, 4.69) is 41.7 Å². The summed E-state index contributed by atoms with van der Waals surface area (Å²) in [6.07, 6.45) is 2.54. The average Bonchev–Trinajstić information content (AvgIpc) is 2.15. The second-order valence-electron chi connectivity index (χ2n) is 4.16. The van der Waals surface area contributed by atoms with Crippen LogP contribution < -0.4 is 0 Å². The Morgan fingerprint density at radius 2 is 1.93 bits per heavy atom. The molecule has 0 fully saturated rings. The van der Waals surface area contributed by atoms with Crippen molar-refractivity contribution in [3.63, 3.8) is 0 Å². The number of likely N-dealkylation sites (N-methyl/N-ethyl adjacent to an activating group) is 1. The second-order valence-corrected chi connectivity index (χ2v) is 4.95. The molecule has 0 saturated carbocycles. The predicted octanol–water partition coefficient (Wildman–Crippen LogP) is 2.76. The summed E-state index contributed by atoms with van der Waals surface area (Å²) in [6.45, 7) is 6.51. The van der Waals surface area contributed by atoms with Crippen molar-refractivity contribution in [3.8, 4) is 0 Å². The Hall–Kier alpha value is 0.400. The second kappa shape index (κ2) is 8.69. The van der Waals surface area contributed by atoms with Gasteiger partial charge in [0.1, 0.15) is 0 Å². The fourth-order valence-electron chi connectivity index (χ4n) is 1.34. The molecule has 0 heterocycles. The lowest BCUT2D eigenvalue weighted by Crippen LogP contribution is -2.34. The number of ether oxygens (including phenoxy) is 1. The van der Waals surface area contributed by atoms with Crippen LogP contribution in [0.1, 0.15) is 26.7 Å². The minimum absolute atomic E-state index is 0.524. The lowest BCUT2D eigenvalue weighted by molar-refractivity contribution is 0.112. The standard InChI is InChI=1S/C11H24BrNO/c1-10(5-7-12)6-8-13(3)11(2)9-14-4/h10-11H,5-9H2,1-4H3. The third kappa shape index (κ3) is 6.80. The highest BCUT2D eigenvalue weighted by atomic mass is 79.9. The lowest BCUT2D eigenvalue weighted by Gasteiger charge is -2.25. The molecule has 0 aliphatic heterocycles. The molecule has 0 aliphatic rings. The van der Waals surface area contributed by atoms with Crippen molar-refractivity contribution >= 4 is 15.9 Å². The van der Waals surface area contributed by atoms with Crippen molar-refractivity contribution in [3.05, 3.63) is 0 Å². The molecule has 0 aliphatic carbocycles. The molecule has 0 N–H and O–H groups in total.